The lowest BCUT2D eigenvalue weighted by molar-refractivity contribution is -0.117. The molecule has 2 N–H and O–H groups in total. The predicted octanol–water partition coefficient (Wildman–Crippen LogP) is 3.68. The van der Waals surface area contributed by atoms with Crippen molar-refractivity contribution in [3.8, 4) is 5.75 Å². The summed E-state index contributed by atoms with van der Waals surface area (Å²) < 4.78 is 11.8. The second kappa shape index (κ2) is 7.88. The van der Waals surface area contributed by atoms with Gasteiger partial charge < -0.3 is 9.15 Å². The van der Waals surface area contributed by atoms with Crippen LogP contribution >= 0.6 is 15.9 Å². The van der Waals surface area contributed by atoms with E-state index in [0.29, 0.717) is 22.7 Å². The average molecular weight is 415 g/mol. The second-order valence-electron chi connectivity index (χ2n) is 5.31. The van der Waals surface area contributed by atoms with Crippen molar-refractivity contribution in [2.45, 2.75) is 0 Å². The van der Waals surface area contributed by atoms with Crippen molar-refractivity contribution in [2.75, 3.05) is 7.11 Å². The fraction of sp³-hybridized carbons (Fsp3) is 0.0526. The number of furan rings is 1. The highest BCUT2D eigenvalue weighted by Gasteiger charge is 2.08. The number of methoxy groups -OCH3 is 1. The van der Waals surface area contributed by atoms with Crippen LogP contribution in [0.25, 0.3) is 17.0 Å². The van der Waals surface area contributed by atoms with Gasteiger partial charge in [0.1, 0.15) is 5.76 Å². The maximum Gasteiger partial charge on any atom is 0.269 e. The topological polar surface area (TPSA) is 80.6 Å². The van der Waals surface area contributed by atoms with E-state index >= 15 is 0 Å². The number of carbonyl (C=O) groups is 2. The molecule has 6 nitrogen and oxygen atoms in total. The van der Waals surface area contributed by atoms with Gasteiger partial charge in [-0.05, 0) is 42.5 Å². The van der Waals surface area contributed by atoms with E-state index in [-0.39, 0.29) is 0 Å². The Kier molecular flexibility index (Phi) is 5.38. The van der Waals surface area contributed by atoms with Crippen LogP contribution in [0, 0.1) is 0 Å². The summed E-state index contributed by atoms with van der Waals surface area (Å²) in [6, 6.07) is 14.1. The molecular weight excluding hydrogens is 400 g/mol. The first kappa shape index (κ1) is 17.8. The van der Waals surface area contributed by atoms with Gasteiger partial charge in [0.05, 0.1) is 7.11 Å². The SMILES string of the molecule is COc1cccc2cc(/C=C/C(=O)NNC(=O)c3ccc(Br)cc3)oc12. The lowest BCUT2D eigenvalue weighted by atomic mass is 10.2. The summed E-state index contributed by atoms with van der Waals surface area (Å²) in [5, 5.41) is 0.868. The van der Waals surface area contributed by atoms with Crippen molar-refractivity contribution in [1.29, 1.82) is 0 Å². The third-order valence-corrected chi connectivity index (χ3v) is 4.08. The van der Waals surface area contributed by atoms with Crippen LogP contribution < -0.4 is 15.6 Å². The number of carbonyl (C=O) groups excluding carboxylic acids is 2. The Labute approximate surface area is 157 Å². The molecule has 2 aromatic carbocycles. The van der Waals surface area contributed by atoms with E-state index in [2.05, 4.69) is 26.8 Å². The molecule has 0 bridgehead atoms. The molecule has 0 aliphatic rings. The molecule has 0 aliphatic heterocycles. The van der Waals surface area contributed by atoms with Gasteiger partial charge in [0, 0.05) is 21.5 Å². The Morgan fingerprint density at radius 3 is 2.62 bits per heavy atom. The second-order valence-corrected chi connectivity index (χ2v) is 6.23. The quantitative estimate of drug-likeness (QED) is 0.503. The highest BCUT2D eigenvalue weighted by Crippen LogP contribution is 2.28. The summed E-state index contributed by atoms with van der Waals surface area (Å²) in [5.74, 6) is 0.225. The molecule has 132 valence electrons. The molecule has 0 unspecified atom stereocenters. The molecule has 0 radical (unpaired) electrons. The average Bonchev–Trinajstić information content (AvgIpc) is 3.08. The van der Waals surface area contributed by atoms with Crippen LogP contribution in [0.5, 0.6) is 5.75 Å². The number of hydrogen-bond acceptors (Lipinski definition) is 4. The zero-order valence-corrected chi connectivity index (χ0v) is 15.4. The maximum absolute atomic E-state index is 11.9. The summed E-state index contributed by atoms with van der Waals surface area (Å²) in [4.78, 5) is 23.8. The number of nitrogens with one attached hydrogen (secondary N) is 2. The molecule has 0 aliphatic carbocycles. The maximum atomic E-state index is 11.9. The highest BCUT2D eigenvalue weighted by molar-refractivity contribution is 9.10. The lowest BCUT2D eigenvalue weighted by Gasteiger charge is -2.05. The van der Waals surface area contributed by atoms with E-state index in [1.54, 1.807) is 43.5 Å². The first-order chi connectivity index (χ1) is 12.6. The number of para-hydroxylation sites is 1. The molecule has 7 heteroatoms. The minimum Gasteiger partial charge on any atom is -0.493 e. The molecular formula is C19H15BrN2O4. The van der Waals surface area contributed by atoms with Gasteiger partial charge in [0.15, 0.2) is 11.3 Å². The fourth-order valence-electron chi connectivity index (χ4n) is 2.29. The van der Waals surface area contributed by atoms with Gasteiger partial charge in [-0.1, -0.05) is 28.1 Å². The van der Waals surface area contributed by atoms with Crippen molar-refractivity contribution < 1.29 is 18.7 Å². The first-order valence-corrected chi connectivity index (χ1v) is 8.46. The number of hydrogen-bond donors (Lipinski definition) is 2. The third kappa shape index (κ3) is 4.12. The number of rotatable bonds is 4. The van der Waals surface area contributed by atoms with Gasteiger partial charge in [-0.3, -0.25) is 20.4 Å². The largest absolute Gasteiger partial charge is 0.493 e. The molecule has 1 aromatic heterocycles. The van der Waals surface area contributed by atoms with Crippen LogP contribution in [0.3, 0.4) is 0 Å². The summed E-state index contributed by atoms with van der Waals surface area (Å²) in [6.45, 7) is 0. The first-order valence-electron chi connectivity index (χ1n) is 7.67. The van der Waals surface area contributed by atoms with Crippen LogP contribution in [0.4, 0.5) is 0 Å². The Bertz CT molecular complexity index is 977. The van der Waals surface area contributed by atoms with Crippen LogP contribution in [-0.4, -0.2) is 18.9 Å². The highest BCUT2D eigenvalue weighted by atomic mass is 79.9. The zero-order valence-electron chi connectivity index (χ0n) is 13.8. The monoisotopic (exact) mass is 414 g/mol. The number of amides is 2. The summed E-state index contributed by atoms with van der Waals surface area (Å²) in [5.41, 5.74) is 5.70. The Hall–Kier alpha value is -3.06. The van der Waals surface area contributed by atoms with E-state index in [0.717, 1.165) is 9.86 Å². The van der Waals surface area contributed by atoms with Gasteiger partial charge >= 0.3 is 0 Å². The molecule has 0 atom stereocenters. The summed E-state index contributed by atoms with van der Waals surface area (Å²) in [7, 11) is 1.56. The number of ether oxygens (including phenoxy) is 1. The number of halogens is 1. The molecule has 0 fully saturated rings. The van der Waals surface area contributed by atoms with Crippen LogP contribution in [0.15, 0.2) is 63.5 Å². The van der Waals surface area contributed by atoms with Crippen LogP contribution in [-0.2, 0) is 4.79 Å². The predicted molar refractivity (Wildman–Crippen MR) is 102 cm³/mol. The van der Waals surface area contributed by atoms with Crippen molar-refractivity contribution in [3.05, 3.63) is 70.4 Å². The minimum absolute atomic E-state index is 0.410. The van der Waals surface area contributed by atoms with E-state index < -0.39 is 11.8 Å². The molecule has 2 amide bonds. The molecule has 3 aromatic rings. The Morgan fingerprint density at radius 1 is 1.12 bits per heavy atom. The van der Waals surface area contributed by atoms with Gasteiger partial charge in [-0.15, -0.1) is 0 Å². The van der Waals surface area contributed by atoms with Gasteiger partial charge in [0.25, 0.3) is 11.8 Å². The molecule has 3 rings (SSSR count). The van der Waals surface area contributed by atoms with Crippen molar-refractivity contribution >= 4 is 44.8 Å². The molecule has 0 saturated heterocycles. The van der Waals surface area contributed by atoms with Crippen molar-refractivity contribution in [2.24, 2.45) is 0 Å². The number of fused-ring (bicyclic) bond motifs is 1. The van der Waals surface area contributed by atoms with Crippen molar-refractivity contribution in [1.82, 2.24) is 10.9 Å². The number of benzene rings is 2. The molecule has 26 heavy (non-hydrogen) atoms. The van der Waals surface area contributed by atoms with Crippen LogP contribution in [0.2, 0.25) is 0 Å². The Morgan fingerprint density at radius 2 is 1.88 bits per heavy atom. The lowest BCUT2D eigenvalue weighted by Crippen LogP contribution is -2.40. The molecule has 1 heterocycles. The zero-order chi connectivity index (χ0) is 18.5. The van der Waals surface area contributed by atoms with Crippen molar-refractivity contribution in [3.63, 3.8) is 0 Å². The fourth-order valence-corrected chi connectivity index (χ4v) is 2.55. The Balaban J connectivity index is 1.61. The minimum atomic E-state index is -0.483. The van der Waals surface area contributed by atoms with Gasteiger partial charge in [-0.2, -0.15) is 0 Å². The van der Waals surface area contributed by atoms with E-state index in [1.807, 2.05) is 12.1 Å². The normalized spacial score (nSPS) is 10.8. The van der Waals surface area contributed by atoms with Gasteiger partial charge in [-0.25, -0.2) is 0 Å². The van der Waals surface area contributed by atoms with E-state index in [4.69, 9.17) is 9.15 Å². The summed E-state index contributed by atoms with van der Waals surface area (Å²) in [6.07, 6.45) is 2.78. The van der Waals surface area contributed by atoms with Crippen LogP contribution in [0.1, 0.15) is 16.1 Å². The van der Waals surface area contributed by atoms with E-state index in [9.17, 15) is 9.59 Å². The smallest absolute Gasteiger partial charge is 0.269 e. The molecule has 0 saturated carbocycles. The van der Waals surface area contributed by atoms with E-state index in [1.165, 1.54) is 12.2 Å². The number of hydrazine groups is 1. The molecule has 0 spiro atoms. The van der Waals surface area contributed by atoms with Gasteiger partial charge in [0.2, 0.25) is 0 Å². The third-order valence-electron chi connectivity index (χ3n) is 3.55. The standard InChI is InChI=1S/C19H15BrN2O4/c1-25-16-4-2-3-13-11-15(26-18(13)16)9-10-17(23)21-22-19(24)12-5-7-14(20)8-6-12/h2-11H,1H3,(H,21,23)(H,22,24)/b10-9+. The summed E-state index contributed by atoms with van der Waals surface area (Å²) >= 11 is 3.29.